The van der Waals surface area contributed by atoms with Gasteiger partial charge in [0.1, 0.15) is 5.82 Å². The number of benzene rings is 2. The highest BCUT2D eigenvalue weighted by Gasteiger charge is 2.29. The summed E-state index contributed by atoms with van der Waals surface area (Å²) >= 11 is 1.30. The average Bonchev–Trinajstić information content (AvgIpc) is 3.41. The van der Waals surface area contributed by atoms with Crippen molar-refractivity contribution in [1.29, 1.82) is 0 Å². The third-order valence-corrected chi connectivity index (χ3v) is 5.89. The third kappa shape index (κ3) is 3.05. The second-order valence-electron chi connectivity index (χ2n) is 6.89. The van der Waals surface area contributed by atoms with Crippen LogP contribution in [0.2, 0.25) is 0 Å². The first kappa shape index (κ1) is 17.8. The summed E-state index contributed by atoms with van der Waals surface area (Å²) < 4.78 is 23.2. The molecule has 4 aromatic rings. The minimum atomic E-state index is -0.560. The van der Waals surface area contributed by atoms with Crippen LogP contribution in [0.5, 0.6) is 10.8 Å². The molecule has 3 heterocycles. The van der Waals surface area contributed by atoms with E-state index in [9.17, 15) is 9.18 Å². The standard InChI is InChI=1S/C21H17FN4O2S/c1-13-20(29-12-23-13)28-18-9-7-15(11-16(18)22)26-21(27)25-17(8-10-19(25)24-26)14-5-3-2-4-6-14/h2-7,9,11-12,17H,8,10H2,1H3/t17-/m1/s1. The van der Waals surface area contributed by atoms with E-state index in [4.69, 9.17) is 4.74 Å². The Kier molecular flexibility index (Phi) is 4.28. The molecule has 146 valence electrons. The van der Waals surface area contributed by atoms with E-state index in [1.165, 1.54) is 28.2 Å². The van der Waals surface area contributed by atoms with Gasteiger partial charge in [0, 0.05) is 12.5 Å². The zero-order valence-corrected chi connectivity index (χ0v) is 16.4. The first-order chi connectivity index (χ1) is 14.1. The van der Waals surface area contributed by atoms with Crippen molar-refractivity contribution in [3.63, 3.8) is 0 Å². The van der Waals surface area contributed by atoms with Gasteiger partial charge in [-0.3, -0.25) is 4.57 Å². The van der Waals surface area contributed by atoms with Crippen molar-refractivity contribution in [2.24, 2.45) is 0 Å². The molecule has 0 spiro atoms. The Balaban J connectivity index is 1.49. The number of hydrogen-bond acceptors (Lipinski definition) is 5. The molecule has 2 aromatic carbocycles. The number of nitrogens with zero attached hydrogens (tertiary/aromatic N) is 4. The maximum atomic E-state index is 14.6. The van der Waals surface area contributed by atoms with Gasteiger partial charge >= 0.3 is 5.69 Å². The molecular weight excluding hydrogens is 391 g/mol. The Labute approximate surface area is 169 Å². The second-order valence-corrected chi connectivity index (χ2v) is 7.71. The number of hydrogen-bond donors (Lipinski definition) is 0. The van der Waals surface area contributed by atoms with E-state index in [0.717, 1.165) is 12.0 Å². The maximum absolute atomic E-state index is 14.6. The normalized spacial score (nSPS) is 15.4. The molecule has 0 saturated carbocycles. The van der Waals surface area contributed by atoms with Crippen LogP contribution in [0.15, 0.2) is 58.8 Å². The zero-order valence-electron chi connectivity index (χ0n) is 15.6. The fraction of sp³-hybridized carbons (Fsp3) is 0.190. The number of thiazole rings is 1. The van der Waals surface area contributed by atoms with Crippen LogP contribution in [0, 0.1) is 12.7 Å². The summed E-state index contributed by atoms with van der Waals surface area (Å²) in [4.78, 5) is 17.1. The molecule has 0 N–H and O–H groups in total. The largest absolute Gasteiger partial charge is 0.442 e. The van der Waals surface area contributed by atoms with Crippen molar-refractivity contribution in [3.05, 3.63) is 87.4 Å². The van der Waals surface area contributed by atoms with Gasteiger partial charge in [0.05, 0.1) is 22.9 Å². The van der Waals surface area contributed by atoms with Crippen molar-refractivity contribution in [2.45, 2.75) is 25.8 Å². The Morgan fingerprint density at radius 1 is 1.21 bits per heavy atom. The Hall–Kier alpha value is -3.26. The molecule has 1 aliphatic rings. The van der Waals surface area contributed by atoms with Crippen molar-refractivity contribution in [3.8, 4) is 16.5 Å². The van der Waals surface area contributed by atoms with Gasteiger partial charge in [0.25, 0.3) is 0 Å². The maximum Gasteiger partial charge on any atom is 0.351 e. The fourth-order valence-corrected chi connectivity index (χ4v) is 4.32. The Bertz CT molecular complexity index is 1250. The molecule has 0 unspecified atom stereocenters. The summed E-state index contributed by atoms with van der Waals surface area (Å²) in [6.07, 6.45) is 1.54. The molecule has 2 aromatic heterocycles. The van der Waals surface area contributed by atoms with Crippen LogP contribution in [0.4, 0.5) is 4.39 Å². The van der Waals surface area contributed by atoms with E-state index in [0.29, 0.717) is 28.7 Å². The topological polar surface area (TPSA) is 61.9 Å². The number of halogens is 1. The minimum absolute atomic E-state index is 0.0470. The molecule has 1 atom stereocenters. The van der Waals surface area contributed by atoms with Gasteiger partial charge in [-0.15, -0.1) is 5.10 Å². The molecule has 0 radical (unpaired) electrons. The number of ether oxygens (including phenoxy) is 1. The quantitative estimate of drug-likeness (QED) is 0.506. The molecule has 1 aliphatic heterocycles. The second kappa shape index (κ2) is 6.97. The van der Waals surface area contributed by atoms with Crippen LogP contribution < -0.4 is 10.4 Å². The van der Waals surface area contributed by atoms with Gasteiger partial charge in [-0.05, 0) is 31.0 Å². The SMILES string of the molecule is Cc1ncsc1Oc1ccc(-n2nc3n(c2=O)[C@@H](c2ccccc2)CC3)cc1F. The van der Waals surface area contributed by atoms with Crippen LogP contribution in [0.1, 0.15) is 29.5 Å². The van der Waals surface area contributed by atoms with Crippen LogP contribution in [0.25, 0.3) is 5.69 Å². The summed E-state index contributed by atoms with van der Waals surface area (Å²) in [5.74, 6) is 0.239. The van der Waals surface area contributed by atoms with E-state index in [1.54, 1.807) is 23.1 Å². The van der Waals surface area contributed by atoms with Crippen molar-refractivity contribution >= 4 is 11.3 Å². The van der Waals surface area contributed by atoms with Crippen LogP contribution >= 0.6 is 11.3 Å². The fourth-order valence-electron chi connectivity index (χ4n) is 3.65. The average molecular weight is 408 g/mol. The molecule has 5 rings (SSSR count). The zero-order chi connectivity index (χ0) is 20.0. The highest BCUT2D eigenvalue weighted by molar-refractivity contribution is 7.11. The summed E-state index contributed by atoms with van der Waals surface area (Å²) in [6.45, 7) is 1.80. The summed E-state index contributed by atoms with van der Waals surface area (Å²) in [6, 6.07) is 14.3. The lowest BCUT2D eigenvalue weighted by Gasteiger charge is -2.12. The highest BCUT2D eigenvalue weighted by atomic mass is 32.1. The monoisotopic (exact) mass is 408 g/mol. The summed E-state index contributed by atoms with van der Waals surface area (Å²) in [7, 11) is 0. The van der Waals surface area contributed by atoms with Gasteiger partial charge in [-0.25, -0.2) is 14.2 Å². The van der Waals surface area contributed by atoms with Gasteiger partial charge in [0.15, 0.2) is 11.6 Å². The number of aryl methyl sites for hydroxylation is 2. The smallest absolute Gasteiger partial charge is 0.351 e. The molecule has 0 bridgehead atoms. The van der Waals surface area contributed by atoms with E-state index < -0.39 is 5.82 Å². The van der Waals surface area contributed by atoms with Crippen LogP contribution in [-0.4, -0.2) is 19.3 Å². The molecule has 0 amide bonds. The van der Waals surface area contributed by atoms with E-state index in [2.05, 4.69) is 10.1 Å². The number of fused-ring (bicyclic) bond motifs is 1. The van der Waals surface area contributed by atoms with Crippen molar-refractivity contribution < 1.29 is 9.13 Å². The van der Waals surface area contributed by atoms with E-state index in [1.807, 2.05) is 30.3 Å². The molecule has 8 heteroatoms. The predicted octanol–water partition coefficient (Wildman–Crippen LogP) is 4.27. The first-order valence-corrected chi connectivity index (χ1v) is 10.1. The Morgan fingerprint density at radius 3 is 2.76 bits per heavy atom. The van der Waals surface area contributed by atoms with Gasteiger partial charge in [-0.1, -0.05) is 41.7 Å². The van der Waals surface area contributed by atoms with Gasteiger partial charge in [0.2, 0.25) is 5.06 Å². The lowest BCUT2D eigenvalue weighted by molar-refractivity contribution is 0.448. The molecule has 29 heavy (non-hydrogen) atoms. The van der Waals surface area contributed by atoms with E-state index in [-0.39, 0.29) is 17.5 Å². The van der Waals surface area contributed by atoms with Gasteiger partial charge < -0.3 is 4.74 Å². The molecule has 0 fully saturated rings. The lowest BCUT2D eigenvalue weighted by atomic mass is 10.1. The first-order valence-electron chi connectivity index (χ1n) is 9.25. The van der Waals surface area contributed by atoms with Crippen molar-refractivity contribution in [1.82, 2.24) is 19.3 Å². The molecule has 6 nitrogen and oxygen atoms in total. The molecule has 0 aliphatic carbocycles. The number of aromatic nitrogens is 4. The van der Waals surface area contributed by atoms with Gasteiger partial charge in [-0.2, -0.15) is 4.68 Å². The highest BCUT2D eigenvalue weighted by Crippen LogP contribution is 2.32. The van der Waals surface area contributed by atoms with Crippen LogP contribution in [-0.2, 0) is 6.42 Å². The lowest BCUT2D eigenvalue weighted by Crippen LogP contribution is -2.26. The van der Waals surface area contributed by atoms with E-state index >= 15 is 0 Å². The third-order valence-electron chi connectivity index (χ3n) is 5.08. The number of rotatable bonds is 4. The molecule has 0 saturated heterocycles. The minimum Gasteiger partial charge on any atom is -0.442 e. The van der Waals surface area contributed by atoms with Crippen LogP contribution in [0.3, 0.4) is 0 Å². The predicted molar refractivity (Wildman–Crippen MR) is 108 cm³/mol. The van der Waals surface area contributed by atoms with Crippen molar-refractivity contribution in [2.75, 3.05) is 0 Å². The Morgan fingerprint density at radius 2 is 2.03 bits per heavy atom. The summed E-state index contributed by atoms with van der Waals surface area (Å²) in [5, 5.41) is 4.99. The molecular formula is C21H17FN4O2S. The summed E-state index contributed by atoms with van der Waals surface area (Å²) in [5.41, 5.74) is 3.52.